The maximum Gasteiger partial charge on any atom is 0.293 e. The lowest BCUT2D eigenvalue weighted by Gasteiger charge is -2.19. The van der Waals surface area contributed by atoms with Gasteiger partial charge in [0, 0.05) is 19.0 Å². The monoisotopic (exact) mass is 381 g/mol. The molecule has 1 aliphatic heterocycles. The average molecular weight is 382 g/mol. The van der Waals surface area contributed by atoms with Crippen molar-refractivity contribution in [3.8, 4) is 5.69 Å². The zero-order valence-electron chi connectivity index (χ0n) is 14.2. The molecule has 0 radical (unpaired) electrons. The fourth-order valence-corrected chi connectivity index (χ4v) is 3.82. The number of benzene rings is 1. The van der Waals surface area contributed by atoms with Crippen LogP contribution in [-0.2, 0) is 6.42 Å². The number of halogens is 2. The molecule has 134 valence electrons. The summed E-state index contributed by atoms with van der Waals surface area (Å²) in [7, 11) is 0. The predicted octanol–water partition coefficient (Wildman–Crippen LogP) is 2.95. The Morgan fingerprint density at radius 1 is 1.36 bits per heavy atom. The Bertz CT molecular complexity index is 771. The van der Waals surface area contributed by atoms with E-state index in [1.807, 2.05) is 13.8 Å². The van der Waals surface area contributed by atoms with Gasteiger partial charge in [0.05, 0.1) is 10.0 Å². The third-order valence-electron chi connectivity index (χ3n) is 4.59. The van der Waals surface area contributed by atoms with Gasteiger partial charge in [-0.25, -0.2) is 9.67 Å². The van der Waals surface area contributed by atoms with Gasteiger partial charge in [-0.05, 0) is 37.9 Å². The van der Waals surface area contributed by atoms with Gasteiger partial charge in [0.15, 0.2) is 0 Å². The van der Waals surface area contributed by atoms with E-state index in [0.29, 0.717) is 47.0 Å². The number of hydrogen-bond donors (Lipinski definition) is 1. The summed E-state index contributed by atoms with van der Waals surface area (Å²) in [6.45, 7) is 5.18. The number of likely N-dealkylation sites (tertiary alicyclic amines) is 1. The lowest BCUT2D eigenvalue weighted by atomic mass is 10.1. The Morgan fingerprint density at radius 2 is 2.04 bits per heavy atom. The topological polar surface area (TPSA) is 77.0 Å². The minimum absolute atomic E-state index is 0.127. The number of amides is 1. The van der Waals surface area contributed by atoms with Crippen LogP contribution in [0.2, 0.25) is 10.0 Å². The first kappa shape index (κ1) is 18.2. The number of para-hydroxylation sites is 1. The summed E-state index contributed by atoms with van der Waals surface area (Å²) in [6, 6.07) is 5.36. The Labute approximate surface area is 156 Å². The number of nitrogens with zero attached hydrogens (tertiary/aromatic N) is 4. The van der Waals surface area contributed by atoms with Crippen LogP contribution in [0.25, 0.3) is 5.69 Å². The molecule has 6 nitrogen and oxygen atoms in total. The second-order valence-corrected chi connectivity index (χ2v) is 7.15. The molecule has 0 spiro atoms. The van der Waals surface area contributed by atoms with E-state index in [4.69, 9.17) is 28.9 Å². The van der Waals surface area contributed by atoms with Gasteiger partial charge in [-0.1, -0.05) is 36.2 Å². The van der Waals surface area contributed by atoms with Gasteiger partial charge in [0.2, 0.25) is 5.82 Å². The van der Waals surface area contributed by atoms with Crippen molar-refractivity contribution >= 4 is 29.1 Å². The van der Waals surface area contributed by atoms with E-state index in [-0.39, 0.29) is 17.8 Å². The van der Waals surface area contributed by atoms with Gasteiger partial charge in [0.1, 0.15) is 11.5 Å². The largest absolute Gasteiger partial charge is 0.333 e. The molecule has 2 heterocycles. The normalized spacial score (nSPS) is 20.3. The summed E-state index contributed by atoms with van der Waals surface area (Å²) in [6.07, 6.45) is 1.50. The summed E-state index contributed by atoms with van der Waals surface area (Å²) in [4.78, 5) is 19.1. The van der Waals surface area contributed by atoms with Gasteiger partial charge in [-0.3, -0.25) is 4.79 Å². The molecule has 1 saturated heterocycles. The van der Waals surface area contributed by atoms with Crippen molar-refractivity contribution in [3.63, 3.8) is 0 Å². The first-order valence-electron chi connectivity index (χ1n) is 8.37. The Balaban J connectivity index is 1.97. The lowest BCUT2D eigenvalue weighted by molar-refractivity contribution is 0.0731. The van der Waals surface area contributed by atoms with Crippen LogP contribution < -0.4 is 5.73 Å². The Hall–Kier alpha value is -1.63. The highest BCUT2D eigenvalue weighted by molar-refractivity contribution is 6.37. The van der Waals surface area contributed by atoms with Gasteiger partial charge in [-0.2, -0.15) is 0 Å². The van der Waals surface area contributed by atoms with E-state index >= 15 is 0 Å². The number of aryl methyl sites for hydroxylation is 1. The second-order valence-electron chi connectivity index (χ2n) is 6.33. The molecule has 1 fully saturated rings. The maximum absolute atomic E-state index is 12.9. The minimum atomic E-state index is -0.180. The molecule has 2 atom stereocenters. The number of nitrogens with two attached hydrogens (primary N) is 1. The van der Waals surface area contributed by atoms with Crippen LogP contribution in [0.4, 0.5) is 0 Å². The summed E-state index contributed by atoms with van der Waals surface area (Å²) >= 11 is 12.6. The molecule has 2 N–H and O–H groups in total. The van der Waals surface area contributed by atoms with E-state index in [0.717, 1.165) is 6.42 Å². The lowest BCUT2D eigenvalue weighted by Crippen LogP contribution is -2.35. The standard InChI is InChI=1S/C17H21Cl2N5O/c1-3-14-21-16(17(25)23-9-11(8-20)7-10(23)2)22-24(14)15-12(18)5-4-6-13(15)19/h4-6,10-11H,3,7-9,20H2,1-2H3. The molecular weight excluding hydrogens is 361 g/mol. The fraction of sp³-hybridized carbons (Fsp3) is 0.471. The Kier molecular flexibility index (Phi) is 5.32. The summed E-state index contributed by atoms with van der Waals surface area (Å²) < 4.78 is 1.57. The third-order valence-corrected chi connectivity index (χ3v) is 5.20. The highest BCUT2D eigenvalue weighted by Gasteiger charge is 2.34. The minimum Gasteiger partial charge on any atom is -0.333 e. The quantitative estimate of drug-likeness (QED) is 0.882. The molecular formula is C17H21Cl2N5O. The SMILES string of the molecule is CCc1nc(C(=O)N2CC(CN)CC2C)nn1-c1c(Cl)cccc1Cl. The Morgan fingerprint density at radius 3 is 2.60 bits per heavy atom. The molecule has 2 aromatic rings. The number of rotatable bonds is 4. The molecule has 1 amide bonds. The van der Waals surface area contributed by atoms with Crippen molar-refractivity contribution in [1.29, 1.82) is 0 Å². The number of aromatic nitrogens is 3. The first-order valence-corrected chi connectivity index (χ1v) is 9.13. The average Bonchev–Trinajstić information content (AvgIpc) is 3.17. The fourth-order valence-electron chi connectivity index (χ4n) is 3.26. The zero-order valence-corrected chi connectivity index (χ0v) is 15.8. The van der Waals surface area contributed by atoms with Crippen molar-refractivity contribution in [3.05, 3.63) is 39.9 Å². The summed E-state index contributed by atoms with van der Waals surface area (Å²) in [5, 5.41) is 5.34. The molecule has 1 aromatic heterocycles. The van der Waals surface area contributed by atoms with Crippen LogP contribution in [0.3, 0.4) is 0 Å². The number of hydrogen-bond acceptors (Lipinski definition) is 4. The maximum atomic E-state index is 12.9. The molecule has 1 aromatic carbocycles. The van der Waals surface area contributed by atoms with E-state index in [2.05, 4.69) is 10.1 Å². The molecule has 0 saturated carbocycles. The molecule has 2 unspecified atom stereocenters. The van der Waals surface area contributed by atoms with E-state index in [9.17, 15) is 4.79 Å². The zero-order chi connectivity index (χ0) is 18.1. The molecule has 25 heavy (non-hydrogen) atoms. The van der Waals surface area contributed by atoms with Crippen molar-refractivity contribution in [2.45, 2.75) is 32.7 Å². The number of carbonyl (C=O) groups is 1. The van der Waals surface area contributed by atoms with Crippen LogP contribution in [0.15, 0.2) is 18.2 Å². The van der Waals surface area contributed by atoms with E-state index in [1.165, 1.54) is 0 Å². The van der Waals surface area contributed by atoms with Crippen LogP contribution in [0.1, 0.15) is 36.7 Å². The molecule has 0 bridgehead atoms. The van der Waals surface area contributed by atoms with Gasteiger partial charge in [0.25, 0.3) is 5.91 Å². The van der Waals surface area contributed by atoms with E-state index in [1.54, 1.807) is 27.8 Å². The molecule has 8 heteroatoms. The van der Waals surface area contributed by atoms with Crippen molar-refractivity contribution in [1.82, 2.24) is 19.7 Å². The van der Waals surface area contributed by atoms with Gasteiger partial charge < -0.3 is 10.6 Å². The highest BCUT2D eigenvalue weighted by Crippen LogP contribution is 2.29. The van der Waals surface area contributed by atoms with Gasteiger partial charge >= 0.3 is 0 Å². The van der Waals surface area contributed by atoms with Crippen molar-refractivity contribution in [2.24, 2.45) is 11.7 Å². The summed E-state index contributed by atoms with van der Waals surface area (Å²) in [5.74, 6) is 0.947. The molecule has 1 aliphatic rings. The van der Waals surface area contributed by atoms with E-state index < -0.39 is 0 Å². The van der Waals surface area contributed by atoms with Crippen LogP contribution >= 0.6 is 23.2 Å². The van der Waals surface area contributed by atoms with Crippen molar-refractivity contribution in [2.75, 3.05) is 13.1 Å². The smallest absolute Gasteiger partial charge is 0.293 e. The van der Waals surface area contributed by atoms with Crippen LogP contribution in [0, 0.1) is 5.92 Å². The van der Waals surface area contributed by atoms with Crippen LogP contribution in [-0.4, -0.2) is 44.7 Å². The third kappa shape index (κ3) is 3.38. The van der Waals surface area contributed by atoms with Crippen molar-refractivity contribution < 1.29 is 4.79 Å². The molecule has 0 aliphatic carbocycles. The summed E-state index contributed by atoms with van der Waals surface area (Å²) in [5.41, 5.74) is 6.30. The van der Waals surface area contributed by atoms with Crippen LogP contribution in [0.5, 0.6) is 0 Å². The number of carbonyl (C=O) groups excluding carboxylic acids is 1. The predicted molar refractivity (Wildman–Crippen MR) is 98.4 cm³/mol. The highest BCUT2D eigenvalue weighted by atomic mass is 35.5. The first-order chi connectivity index (χ1) is 12.0. The second kappa shape index (κ2) is 7.32. The van der Waals surface area contributed by atoms with Gasteiger partial charge in [-0.15, -0.1) is 5.10 Å². The molecule has 3 rings (SSSR count).